The summed E-state index contributed by atoms with van der Waals surface area (Å²) in [5.41, 5.74) is 2.24. The summed E-state index contributed by atoms with van der Waals surface area (Å²) < 4.78 is 11.5. The normalized spacial score (nSPS) is 10.8. The summed E-state index contributed by atoms with van der Waals surface area (Å²) in [6.07, 6.45) is 4.09. The number of benzene rings is 1. The van der Waals surface area contributed by atoms with Crippen molar-refractivity contribution in [3.05, 3.63) is 82.5 Å². The van der Waals surface area contributed by atoms with Gasteiger partial charge in [-0.15, -0.1) is 0 Å². The molecule has 2 aromatic heterocycles. The number of nitrogens with zero attached hydrogens (tertiary/aromatic N) is 2. The molecule has 0 aliphatic carbocycles. The largest absolute Gasteiger partial charge is 0.467 e. The van der Waals surface area contributed by atoms with Crippen LogP contribution in [0.2, 0.25) is 5.15 Å². The van der Waals surface area contributed by atoms with Gasteiger partial charge in [-0.05, 0) is 30.7 Å². The lowest BCUT2D eigenvalue weighted by Crippen LogP contribution is -2.41. The number of aryl methyl sites for hydroxylation is 1. The van der Waals surface area contributed by atoms with Crippen LogP contribution in [-0.4, -0.2) is 34.3 Å². The zero-order valence-electron chi connectivity index (χ0n) is 17.2. The van der Waals surface area contributed by atoms with Crippen LogP contribution < -0.4 is 10.6 Å². The number of halogens is 1. The fourth-order valence-corrected chi connectivity index (χ4v) is 3.04. The molecule has 0 unspecified atom stereocenters. The predicted octanol–water partition coefficient (Wildman–Crippen LogP) is 3.07. The average molecular weight is 457 g/mol. The molecule has 0 aliphatic rings. The van der Waals surface area contributed by atoms with Gasteiger partial charge in [-0.3, -0.25) is 10.1 Å². The van der Waals surface area contributed by atoms with Crippen molar-refractivity contribution >= 4 is 35.6 Å². The summed E-state index contributed by atoms with van der Waals surface area (Å²) >= 11 is 6.40. The van der Waals surface area contributed by atoms with Gasteiger partial charge < -0.3 is 14.5 Å². The molecule has 1 aromatic carbocycles. The summed E-state index contributed by atoms with van der Waals surface area (Å²) in [4.78, 5) is 35.3. The summed E-state index contributed by atoms with van der Waals surface area (Å²) in [6, 6.07) is 12.3. The number of nitrogens with one attached hydrogen (secondary N) is 2. The number of rotatable bonds is 8. The number of ether oxygens (including phenoxy) is 1. The summed E-state index contributed by atoms with van der Waals surface area (Å²) in [5, 5.41) is 9.26. The van der Waals surface area contributed by atoms with E-state index in [1.54, 1.807) is 23.7 Å². The minimum Gasteiger partial charge on any atom is -0.467 e. The van der Waals surface area contributed by atoms with Gasteiger partial charge in [0, 0.05) is 11.6 Å². The highest BCUT2D eigenvalue weighted by molar-refractivity contribution is 6.31. The van der Waals surface area contributed by atoms with Crippen LogP contribution in [0.1, 0.15) is 22.6 Å². The third-order valence-electron chi connectivity index (χ3n) is 4.27. The molecule has 9 nitrogen and oxygen atoms in total. The molecule has 0 fully saturated rings. The topological polar surface area (TPSA) is 115 Å². The fourth-order valence-electron chi connectivity index (χ4n) is 2.74. The number of furan rings is 1. The van der Waals surface area contributed by atoms with Crippen molar-refractivity contribution in [2.75, 3.05) is 6.61 Å². The Morgan fingerprint density at radius 3 is 2.69 bits per heavy atom. The van der Waals surface area contributed by atoms with Crippen molar-refractivity contribution in [3.8, 4) is 0 Å². The Morgan fingerprint density at radius 1 is 1.19 bits per heavy atom. The first-order valence-electron chi connectivity index (χ1n) is 9.64. The van der Waals surface area contributed by atoms with Gasteiger partial charge in [0.2, 0.25) is 0 Å². The van der Waals surface area contributed by atoms with Crippen molar-refractivity contribution in [1.82, 2.24) is 20.4 Å². The second-order valence-corrected chi connectivity index (χ2v) is 7.04. The van der Waals surface area contributed by atoms with E-state index in [-0.39, 0.29) is 6.54 Å². The van der Waals surface area contributed by atoms with Crippen LogP contribution in [0.5, 0.6) is 0 Å². The van der Waals surface area contributed by atoms with E-state index >= 15 is 0 Å². The van der Waals surface area contributed by atoms with E-state index < -0.39 is 24.5 Å². The Bertz CT molecular complexity index is 1110. The molecule has 0 saturated carbocycles. The van der Waals surface area contributed by atoms with Crippen LogP contribution in [-0.2, 0) is 27.4 Å². The zero-order chi connectivity index (χ0) is 22.9. The number of imide groups is 1. The maximum Gasteiger partial charge on any atom is 0.331 e. The minimum absolute atomic E-state index is 0.118. The first kappa shape index (κ1) is 22.8. The summed E-state index contributed by atoms with van der Waals surface area (Å²) in [7, 11) is 0. The molecule has 2 N–H and O–H groups in total. The number of esters is 1. The van der Waals surface area contributed by atoms with Crippen molar-refractivity contribution in [3.63, 3.8) is 0 Å². The Morgan fingerprint density at radius 2 is 1.97 bits per heavy atom. The lowest BCUT2D eigenvalue weighted by molar-refractivity contribution is -0.143. The second kappa shape index (κ2) is 11.0. The summed E-state index contributed by atoms with van der Waals surface area (Å²) in [6.45, 7) is 1.76. The summed E-state index contributed by atoms with van der Waals surface area (Å²) in [5.74, 6) is -0.999. The van der Waals surface area contributed by atoms with Crippen LogP contribution in [0.4, 0.5) is 4.79 Å². The van der Waals surface area contributed by atoms with E-state index in [0.717, 1.165) is 11.6 Å². The number of aromatic nitrogens is 2. The smallest absolute Gasteiger partial charge is 0.331 e. The highest BCUT2D eigenvalue weighted by Gasteiger charge is 2.13. The molecule has 0 aliphatic heterocycles. The first-order valence-corrected chi connectivity index (χ1v) is 10.0. The maximum absolute atomic E-state index is 11.9. The van der Waals surface area contributed by atoms with E-state index in [0.29, 0.717) is 28.7 Å². The van der Waals surface area contributed by atoms with Crippen LogP contribution in [0.15, 0.2) is 59.2 Å². The van der Waals surface area contributed by atoms with Gasteiger partial charge >= 0.3 is 12.0 Å². The number of urea groups is 1. The number of hydrogen-bond donors (Lipinski definition) is 2. The van der Waals surface area contributed by atoms with E-state index in [1.807, 2.05) is 35.6 Å². The first-order chi connectivity index (χ1) is 15.4. The van der Waals surface area contributed by atoms with Gasteiger partial charge in [0.25, 0.3) is 5.91 Å². The van der Waals surface area contributed by atoms with Crippen LogP contribution >= 0.6 is 11.6 Å². The van der Waals surface area contributed by atoms with Gasteiger partial charge in [-0.25, -0.2) is 14.3 Å². The molecule has 3 aromatic rings. The third-order valence-corrected chi connectivity index (χ3v) is 4.67. The van der Waals surface area contributed by atoms with Crippen molar-refractivity contribution < 1.29 is 23.5 Å². The SMILES string of the molecule is Cc1nn(Cc2ccccc2)c(Cl)c1C=CC(=O)OCC(=O)NC(=O)NCc1ccco1. The zero-order valence-corrected chi connectivity index (χ0v) is 18.0. The monoisotopic (exact) mass is 456 g/mol. The highest BCUT2D eigenvalue weighted by Crippen LogP contribution is 2.22. The quantitative estimate of drug-likeness (QED) is 0.397. The lowest BCUT2D eigenvalue weighted by atomic mass is 10.2. The van der Waals surface area contributed by atoms with Gasteiger partial charge in [-0.2, -0.15) is 5.10 Å². The molecule has 3 rings (SSSR count). The minimum atomic E-state index is -0.770. The molecule has 166 valence electrons. The van der Waals surface area contributed by atoms with Crippen molar-refractivity contribution in [2.24, 2.45) is 0 Å². The van der Waals surface area contributed by atoms with Crippen LogP contribution in [0, 0.1) is 6.92 Å². The second-order valence-electron chi connectivity index (χ2n) is 6.68. The van der Waals surface area contributed by atoms with E-state index in [2.05, 4.69) is 10.4 Å². The maximum atomic E-state index is 11.9. The fraction of sp³-hybridized carbons (Fsp3) is 0.182. The molecule has 2 heterocycles. The number of carbonyl (C=O) groups is 3. The molecule has 0 spiro atoms. The van der Waals surface area contributed by atoms with Gasteiger partial charge in [0.1, 0.15) is 10.9 Å². The van der Waals surface area contributed by atoms with Crippen molar-refractivity contribution in [2.45, 2.75) is 20.0 Å². The highest BCUT2D eigenvalue weighted by atomic mass is 35.5. The third kappa shape index (κ3) is 6.58. The number of amides is 3. The molecule has 10 heteroatoms. The molecular formula is C22H21ClN4O5. The Hall–Kier alpha value is -3.85. The molecule has 0 saturated heterocycles. The standard InChI is InChI=1S/C22H21ClN4O5/c1-15-18(21(23)27(26-15)13-16-6-3-2-4-7-16)9-10-20(29)32-14-19(28)25-22(30)24-12-17-8-5-11-31-17/h2-11H,12-14H2,1H3,(H2,24,25,28,30). The van der Waals surface area contributed by atoms with E-state index in [4.69, 9.17) is 20.8 Å². The van der Waals surface area contributed by atoms with Crippen LogP contribution in [0.3, 0.4) is 0 Å². The average Bonchev–Trinajstić information content (AvgIpc) is 3.38. The van der Waals surface area contributed by atoms with Gasteiger partial charge in [0.05, 0.1) is 25.0 Å². The number of hydrogen-bond acceptors (Lipinski definition) is 6. The Kier molecular flexibility index (Phi) is 7.82. The van der Waals surface area contributed by atoms with E-state index in [9.17, 15) is 14.4 Å². The molecule has 32 heavy (non-hydrogen) atoms. The van der Waals surface area contributed by atoms with Gasteiger partial charge in [0.15, 0.2) is 6.61 Å². The van der Waals surface area contributed by atoms with Gasteiger partial charge in [-0.1, -0.05) is 41.9 Å². The number of carbonyl (C=O) groups excluding carboxylic acids is 3. The Balaban J connectivity index is 1.46. The van der Waals surface area contributed by atoms with Crippen LogP contribution in [0.25, 0.3) is 6.08 Å². The molecule has 0 radical (unpaired) electrons. The predicted molar refractivity (Wildman–Crippen MR) is 117 cm³/mol. The van der Waals surface area contributed by atoms with E-state index in [1.165, 1.54) is 12.3 Å². The molecule has 0 bridgehead atoms. The molecule has 0 atom stereocenters. The molecular weight excluding hydrogens is 436 g/mol. The lowest BCUT2D eigenvalue weighted by Gasteiger charge is -2.05. The molecule has 3 amide bonds. The van der Waals surface area contributed by atoms with Crippen molar-refractivity contribution in [1.29, 1.82) is 0 Å². The Labute approximate surface area is 189 Å².